The number of ether oxygens (including phenoxy) is 1. The van der Waals surface area contributed by atoms with Crippen LogP contribution in [0.3, 0.4) is 0 Å². The van der Waals surface area contributed by atoms with Crippen molar-refractivity contribution in [2.45, 2.75) is 19.4 Å². The first-order valence-corrected chi connectivity index (χ1v) is 9.21. The number of quaternary nitrogens is 1. The van der Waals surface area contributed by atoms with Crippen molar-refractivity contribution in [2.75, 3.05) is 18.5 Å². The van der Waals surface area contributed by atoms with E-state index in [0.29, 0.717) is 18.0 Å². The minimum Gasteiger partial charge on any atom is -0.492 e. The number of carbonyl (C=O) groups excluding carboxylic acids is 1. The molecule has 1 heterocycles. The molecule has 2 aromatic carbocycles. The summed E-state index contributed by atoms with van der Waals surface area (Å²) in [5.41, 5.74) is 1.65. The Bertz CT molecular complexity index is 832. The van der Waals surface area contributed by atoms with Gasteiger partial charge in [0.1, 0.15) is 11.5 Å². The summed E-state index contributed by atoms with van der Waals surface area (Å²) >= 11 is 0. The van der Waals surface area contributed by atoms with E-state index in [1.165, 1.54) is 0 Å². The van der Waals surface area contributed by atoms with E-state index < -0.39 is 0 Å². The fourth-order valence-corrected chi connectivity index (χ4v) is 2.96. The molecule has 3 aromatic rings. The molecular formula is C22H25N2O3+. The molecule has 0 bridgehead atoms. The van der Waals surface area contributed by atoms with Crippen molar-refractivity contribution in [2.24, 2.45) is 0 Å². The van der Waals surface area contributed by atoms with Crippen molar-refractivity contribution in [3.63, 3.8) is 0 Å². The van der Waals surface area contributed by atoms with E-state index in [9.17, 15) is 4.79 Å². The zero-order valence-corrected chi connectivity index (χ0v) is 15.4. The standard InChI is InChI=1S/C22H24N2O3/c1-2-26-20-13-7-6-12-19(20)24-22(25)21(17-9-4-3-5-10-17)23-15-14-18-11-8-16-27-18/h3-13,16,21,23H,2,14-15H2,1H3,(H,24,25)/p+1/t21-/m1/s1. The first-order chi connectivity index (χ1) is 13.3. The molecule has 3 rings (SSSR count). The third kappa shape index (κ3) is 5.21. The number of anilines is 1. The van der Waals surface area contributed by atoms with E-state index in [1.54, 1.807) is 6.26 Å². The maximum Gasteiger partial charge on any atom is 0.287 e. The minimum atomic E-state index is -0.351. The lowest BCUT2D eigenvalue weighted by atomic mass is 10.1. The molecule has 0 unspecified atom stereocenters. The summed E-state index contributed by atoms with van der Waals surface area (Å²) in [4.78, 5) is 13.0. The van der Waals surface area contributed by atoms with Crippen molar-refractivity contribution < 1.29 is 19.3 Å². The van der Waals surface area contributed by atoms with Gasteiger partial charge in [0, 0.05) is 5.56 Å². The Morgan fingerprint density at radius 1 is 1.07 bits per heavy atom. The first-order valence-electron chi connectivity index (χ1n) is 9.21. The number of furan rings is 1. The number of nitrogens with one attached hydrogen (secondary N) is 1. The Morgan fingerprint density at radius 3 is 2.59 bits per heavy atom. The smallest absolute Gasteiger partial charge is 0.287 e. The fourth-order valence-electron chi connectivity index (χ4n) is 2.96. The lowest BCUT2D eigenvalue weighted by Gasteiger charge is -2.17. The summed E-state index contributed by atoms with van der Waals surface area (Å²) in [5.74, 6) is 1.52. The largest absolute Gasteiger partial charge is 0.492 e. The van der Waals surface area contributed by atoms with Crippen molar-refractivity contribution in [1.29, 1.82) is 0 Å². The molecule has 27 heavy (non-hydrogen) atoms. The molecule has 1 atom stereocenters. The Hall–Kier alpha value is -3.05. The van der Waals surface area contributed by atoms with E-state index in [0.717, 1.165) is 24.3 Å². The van der Waals surface area contributed by atoms with Gasteiger partial charge in [0.2, 0.25) is 0 Å². The maximum absolute atomic E-state index is 13.0. The van der Waals surface area contributed by atoms with E-state index in [2.05, 4.69) is 5.32 Å². The van der Waals surface area contributed by atoms with Gasteiger partial charge in [-0.1, -0.05) is 42.5 Å². The summed E-state index contributed by atoms with van der Waals surface area (Å²) in [6, 6.07) is 20.8. The number of hydrogen-bond acceptors (Lipinski definition) is 3. The number of nitrogens with two attached hydrogens (primary N) is 1. The highest BCUT2D eigenvalue weighted by atomic mass is 16.5. The van der Waals surface area contributed by atoms with Crippen LogP contribution in [-0.2, 0) is 11.2 Å². The quantitative estimate of drug-likeness (QED) is 0.612. The average molecular weight is 365 g/mol. The second-order valence-corrected chi connectivity index (χ2v) is 6.16. The molecular weight excluding hydrogens is 340 g/mol. The Kier molecular flexibility index (Phi) is 6.66. The van der Waals surface area contributed by atoms with Crippen LogP contribution in [-0.4, -0.2) is 19.1 Å². The number of amides is 1. The zero-order valence-electron chi connectivity index (χ0n) is 15.4. The second kappa shape index (κ2) is 9.59. The molecule has 1 amide bonds. The highest BCUT2D eigenvalue weighted by Crippen LogP contribution is 2.24. The number of para-hydroxylation sites is 2. The number of rotatable bonds is 9. The van der Waals surface area contributed by atoms with Gasteiger partial charge in [0.25, 0.3) is 5.91 Å². The van der Waals surface area contributed by atoms with Crippen molar-refractivity contribution in [1.82, 2.24) is 0 Å². The summed E-state index contributed by atoms with van der Waals surface area (Å²) < 4.78 is 11.0. The molecule has 0 saturated carbocycles. The van der Waals surface area contributed by atoms with Crippen LogP contribution in [0.5, 0.6) is 5.75 Å². The molecule has 0 spiro atoms. The van der Waals surface area contributed by atoms with Crippen LogP contribution in [0.25, 0.3) is 0 Å². The van der Waals surface area contributed by atoms with Crippen LogP contribution in [0.1, 0.15) is 24.3 Å². The predicted octanol–water partition coefficient (Wildman–Crippen LogP) is 3.16. The Morgan fingerprint density at radius 2 is 1.85 bits per heavy atom. The maximum atomic E-state index is 13.0. The van der Waals surface area contributed by atoms with Gasteiger partial charge in [0.05, 0.1) is 31.5 Å². The van der Waals surface area contributed by atoms with Gasteiger partial charge in [-0.25, -0.2) is 0 Å². The molecule has 0 saturated heterocycles. The lowest BCUT2D eigenvalue weighted by molar-refractivity contribution is -0.682. The SMILES string of the molecule is CCOc1ccccc1NC(=O)[C@H]([NH2+]CCc1ccco1)c1ccccc1. The summed E-state index contributed by atoms with van der Waals surface area (Å²) in [6.07, 6.45) is 2.43. The van der Waals surface area contributed by atoms with E-state index in [1.807, 2.05) is 79.0 Å². The molecule has 0 fully saturated rings. The van der Waals surface area contributed by atoms with Gasteiger partial charge in [-0.15, -0.1) is 0 Å². The summed E-state index contributed by atoms with van der Waals surface area (Å²) in [5, 5.41) is 5.06. The third-order valence-electron chi connectivity index (χ3n) is 4.26. The topological polar surface area (TPSA) is 68.1 Å². The molecule has 5 nitrogen and oxygen atoms in total. The first kappa shape index (κ1) is 18.7. The Balaban J connectivity index is 1.72. The average Bonchev–Trinajstić information content (AvgIpc) is 3.21. The van der Waals surface area contributed by atoms with Gasteiger partial charge in [-0.3, -0.25) is 4.79 Å². The lowest BCUT2D eigenvalue weighted by Crippen LogP contribution is -2.87. The Labute approximate surface area is 159 Å². The van der Waals surface area contributed by atoms with Crippen molar-refractivity contribution >= 4 is 11.6 Å². The number of hydrogen-bond donors (Lipinski definition) is 2. The summed E-state index contributed by atoms with van der Waals surface area (Å²) in [7, 11) is 0. The number of carbonyl (C=O) groups is 1. The molecule has 140 valence electrons. The van der Waals surface area contributed by atoms with Gasteiger partial charge in [-0.05, 0) is 31.2 Å². The molecule has 3 N–H and O–H groups in total. The van der Waals surface area contributed by atoms with Gasteiger partial charge in [0.15, 0.2) is 6.04 Å². The second-order valence-electron chi connectivity index (χ2n) is 6.16. The van der Waals surface area contributed by atoms with Crippen molar-refractivity contribution in [3.8, 4) is 5.75 Å². The fraction of sp³-hybridized carbons (Fsp3) is 0.227. The van der Waals surface area contributed by atoms with Gasteiger partial charge in [-0.2, -0.15) is 0 Å². The highest BCUT2D eigenvalue weighted by molar-refractivity contribution is 5.95. The van der Waals surface area contributed by atoms with E-state index in [4.69, 9.17) is 9.15 Å². The zero-order chi connectivity index (χ0) is 18.9. The third-order valence-corrected chi connectivity index (χ3v) is 4.26. The van der Waals surface area contributed by atoms with Crippen molar-refractivity contribution in [3.05, 3.63) is 84.3 Å². The normalized spacial score (nSPS) is 11.7. The van der Waals surface area contributed by atoms with Crippen LogP contribution in [0.4, 0.5) is 5.69 Å². The van der Waals surface area contributed by atoms with E-state index in [-0.39, 0.29) is 11.9 Å². The molecule has 0 aliphatic carbocycles. The minimum absolute atomic E-state index is 0.0761. The van der Waals surface area contributed by atoms with Crippen LogP contribution in [0.2, 0.25) is 0 Å². The van der Waals surface area contributed by atoms with Gasteiger partial charge >= 0.3 is 0 Å². The van der Waals surface area contributed by atoms with Crippen LogP contribution < -0.4 is 15.4 Å². The molecule has 1 aromatic heterocycles. The highest BCUT2D eigenvalue weighted by Gasteiger charge is 2.24. The predicted molar refractivity (Wildman–Crippen MR) is 105 cm³/mol. The monoisotopic (exact) mass is 365 g/mol. The van der Waals surface area contributed by atoms with Crippen LogP contribution >= 0.6 is 0 Å². The molecule has 0 aliphatic heterocycles. The molecule has 0 aliphatic rings. The molecule has 0 radical (unpaired) electrons. The van der Waals surface area contributed by atoms with Crippen LogP contribution in [0, 0.1) is 0 Å². The molecule has 5 heteroatoms. The number of benzene rings is 2. The summed E-state index contributed by atoms with van der Waals surface area (Å²) in [6.45, 7) is 3.21. The van der Waals surface area contributed by atoms with Gasteiger partial charge < -0.3 is 19.8 Å². The van der Waals surface area contributed by atoms with E-state index >= 15 is 0 Å². The van der Waals surface area contributed by atoms with Crippen LogP contribution in [0.15, 0.2) is 77.4 Å².